The van der Waals surface area contributed by atoms with Gasteiger partial charge in [0.15, 0.2) is 0 Å². The second kappa shape index (κ2) is 7.07. The molecular weight excluding hydrogens is 256 g/mol. The van der Waals surface area contributed by atoms with Crippen LogP contribution in [0.25, 0.3) is 0 Å². The average Bonchev–Trinajstić information content (AvgIpc) is 3.21. The normalized spacial score (nSPS) is 23.9. The van der Waals surface area contributed by atoms with Crippen molar-refractivity contribution in [2.75, 3.05) is 19.7 Å². The number of unbranched alkanes of at least 4 members (excludes halogenated alkanes) is 1. The van der Waals surface area contributed by atoms with E-state index in [0.717, 1.165) is 38.8 Å². The molecule has 1 aliphatic carbocycles. The van der Waals surface area contributed by atoms with Gasteiger partial charge in [-0.3, -0.25) is 9.59 Å². The van der Waals surface area contributed by atoms with Gasteiger partial charge in [-0.25, -0.2) is 0 Å². The molecule has 0 aromatic rings. The van der Waals surface area contributed by atoms with Crippen molar-refractivity contribution in [3.63, 3.8) is 0 Å². The molecule has 1 saturated carbocycles. The Morgan fingerprint density at radius 2 is 2.05 bits per heavy atom. The van der Waals surface area contributed by atoms with E-state index in [1.54, 1.807) is 0 Å². The quantitative estimate of drug-likeness (QED) is 0.716. The molecule has 1 aliphatic heterocycles. The highest BCUT2D eigenvalue weighted by atomic mass is 16.5. The number of carbonyl (C=O) groups excluding carboxylic acids is 2. The first-order valence-corrected chi connectivity index (χ1v) is 7.77. The SMILES string of the molecule is CC(C)OCCCCN1CCC(=O)NC(C2CC2)C1=O. The molecule has 5 heteroatoms. The van der Waals surface area contributed by atoms with Crippen molar-refractivity contribution in [2.24, 2.45) is 5.92 Å². The van der Waals surface area contributed by atoms with Crippen LogP contribution in [0.1, 0.15) is 46.0 Å². The standard InChI is InChI=1S/C15H26N2O3/c1-11(2)20-10-4-3-8-17-9-7-13(18)16-14(15(17)19)12-5-6-12/h11-12,14H,3-10H2,1-2H3,(H,16,18). The zero-order valence-electron chi connectivity index (χ0n) is 12.6. The summed E-state index contributed by atoms with van der Waals surface area (Å²) in [5.41, 5.74) is 0. The first-order chi connectivity index (χ1) is 9.58. The molecule has 114 valence electrons. The number of carbonyl (C=O) groups is 2. The van der Waals surface area contributed by atoms with E-state index in [2.05, 4.69) is 5.32 Å². The Balaban J connectivity index is 1.77. The summed E-state index contributed by atoms with van der Waals surface area (Å²) >= 11 is 0. The highest BCUT2D eigenvalue weighted by Crippen LogP contribution is 2.34. The highest BCUT2D eigenvalue weighted by molar-refractivity contribution is 5.90. The number of rotatable bonds is 7. The Hall–Kier alpha value is -1.10. The van der Waals surface area contributed by atoms with Gasteiger partial charge in [-0.15, -0.1) is 0 Å². The van der Waals surface area contributed by atoms with Gasteiger partial charge in [0.1, 0.15) is 6.04 Å². The smallest absolute Gasteiger partial charge is 0.245 e. The van der Waals surface area contributed by atoms with Crippen molar-refractivity contribution in [3.8, 4) is 0 Å². The summed E-state index contributed by atoms with van der Waals surface area (Å²) in [6, 6.07) is -0.267. The molecule has 1 unspecified atom stereocenters. The van der Waals surface area contributed by atoms with Crippen molar-refractivity contribution >= 4 is 11.8 Å². The molecular formula is C15H26N2O3. The number of hydrogen-bond donors (Lipinski definition) is 1. The zero-order valence-corrected chi connectivity index (χ0v) is 12.6. The molecule has 1 N–H and O–H groups in total. The van der Waals surface area contributed by atoms with Crippen LogP contribution in [0, 0.1) is 5.92 Å². The molecule has 0 spiro atoms. The molecule has 2 amide bonds. The van der Waals surface area contributed by atoms with Crippen LogP contribution >= 0.6 is 0 Å². The maximum Gasteiger partial charge on any atom is 0.245 e. The largest absolute Gasteiger partial charge is 0.379 e. The van der Waals surface area contributed by atoms with Crippen molar-refractivity contribution in [1.29, 1.82) is 0 Å². The third-order valence-corrected chi connectivity index (χ3v) is 3.87. The highest BCUT2D eigenvalue weighted by Gasteiger charge is 2.40. The van der Waals surface area contributed by atoms with Crippen molar-refractivity contribution < 1.29 is 14.3 Å². The Labute approximate surface area is 121 Å². The molecule has 0 bridgehead atoms. The van der Waals surface area contributed by atoms with Crippen LogP contribution in [0.4, 0.5) is 0 Å². The van der Waals surface area contributed by atoms with E-state index in [1.807, 2.05) is 18.7 Å². The molecule has 0 radical (unpaired) electrons. The fraction of sp³-hybridized carbons (Fsp3) is 0.867. The van der Waals surface area contributed by atoms with Crippen LogP contribution in [0.3, 0.4) is 0 Å². The number of nitrogens with zero attached hydrogens (tertiary/aromatic N) is 1. The second-order valence-electron chi connectivity index (χ2n) is 6.08. The monoisotopic (exact) mass is 282 g/mol. The van der Waals surface area contributed by atoms with E-state index in [-0.39, 0.29) is 24.0 Å². The van der Waals surface area contributed by atoms with Gasteiger partial charge in [0.25, 0.3) is 0 Å². The van der Waals surface area contributed by atoms with Crippen LogP contribution < -0.4 is 5.32 Å². The predicted octanol–water partition coefficient (Wildman–Crippen LogP) is 1.32. The summed E-state index contributed by atoms with van der Waals surface area (Å²) in [4.78, 5) is 25.9. The summed E-state index contributed by atoms with van der Waals surface area (Å²) in [6.45, 7) is 6.08. The lowest BCUT2D eigenvalue weighted by atomic mass is 10.1. The summed E-state index contributed by atoms with van der Waals surface area (Å²) in [5.74, 6) is 0.500. The molecule has 0 aromatic heterocycles. The van der Waals surface area contributed by atoms with Gasteiger partial charge >= 0.3 is 0 Å². The van der Waals surface area contributed by atoms with E-state index >= 15 is 0 Å². The Morgan fingerprint density at radius 1 is 1.30 bits per heavy atom. The van der Waals surface area contributed by atoms with Gasteiger partial charge in [0.05, 0.1) is 6.10 Å². The number of hydrogen-bond acceptors (Lipinski definition) is 3. The van der Waals surface area contributed by atoms with E-state index in [4.69, 9.17) is 4.74 Å². The van der Waals surface area contributed by atoms with Crippen molar-refractivity contribution in [3.05, 3.63) is 0 Å². The third-order valence-electron chi connectivity index (χ3n) is 3.87. The Morgan fingerprint density at radius 3 is 2.70 bits per heavy atom. The maximum absolute atomic E-state index is 12.4. The van der Waals surface area contributed by atoms with Crippen molar-refractivity contribution in [1.82, 2.24) is 10.2 Å². The van der Waals surface area contributed by atoms with Gasteiger partial charge in [-0.05, 0) is 45.4 Å². The van der Waals surface area contributed by atoms with Crippen molar-refractivity contribution in [2.45, 2.75) is 58.1 Å². The van der Waals surface area contributed by atoms with E-state index in [1.165, 1.54) is 0 Å². The molecule has 2 rings (SSSR count). The van der Waals surface area contributed by atoms with Gasteiger partial charge < -0.3 is 15.0 Å². The summed E-state index contributed by atoms with van der Waals surface area (Å²) in [5, 5.41) is 2.88. The third kappa shape index (κ3) is 4.47. The number of ether oxygens (including phenoxy) is 1. The first kappa shape index (κ1) is 15.3. The van der Waals surface area contributed by atoms with Gasteiger partial charge in [-0.2, -0.15) is 0 Å². The number of amides is 2. The van der Waals surface area contributed by atoms with Gasteiger partial charge in [0, 0.05) is 26.1 Å². The molecule has 2 aliphatic rings. The fourth-order valence-electron chi connectivity index (χ4n) is 2.55. The second-order valence-corrected chi connectivity index (χ2v) is 6.08. The minimum atomic E-state index is -0.267. The topological polar surface area (TPSA) is 58.6 Å². The van der Waals surface area contributed by atoms with Gasteiger partial charge in [0.2, 0.25) is 11.8 Å². The van der Waals surface area contributed by atoms with E-state index < -0.39 is 0 Å². The lowest BCUT2D eigenvalue weighted by Crippen LogP contribution is -2.46. The minimum Gasteiger partial charge on any atom is -0.379 e. The maximum atomic E-state index is 12.4. The molecule has 1 atom stereocenters. The van der Waals surface area contributed by atoms with Crippen LogP contribution in [0.15, 0.2) is 0 Å². The summed E-state index contributed by atoms with van der Waals surface area (Å²) < 4.78 is 5.50. The first-order valence-electron chi connectivity index (χ1n) is 7.77. The van der Waals surface area contributed by atoms with Crippen LogP contribution in [0.2, 0.25) is 0 Å². The molecule has 5 nitrogen and oxygen atoms in total. The Bertz CT molecular complexity index is 353. The van der Waals surface area contributed by atoms with Gasteiger partial charge in [-0.1, -0.05) is 0 Å². The summed E-state index contributed by atoms with van der Waals surface area (Å²) in [6.07, 6.45) is 4.70. The minimum absolute atomic E-state index is 0.0147. The lowest BCUT2D eigenvalue weighted by Gasteiger charge is -2.24. The Kier molecular flexibility index (Phi) is 5.40. The predicted molar refractivity (Wildman–Crippen MR) is 76.2 cm³/mol. The van der Waals surface area contributed by atoms with Crippen LogP contribution in [-0.2, 0) is 14.3 Å². The lowest BCUT2D eigenvalue weighted by molar-refractivity contribution is -0.134. The average molecular weight is 282 g/mol. The van der Waals surface area contributed by atoms with Crippen LogP contribution in [-0.4, -0.2) is 48.6 Å². The molecule has 20 heavy (non-hydrogen) atoms. The molecule has 1 heterocycles. The molecule has 0 aromatic carbocycles. The molecule has 1 saturated heterocycles. The summed E-state index contributed by atoms with van der Waals surface area (Å²) in [7, 11) is 0. The van der Waals surface area contributed by atoms with Crippen LogP contribution in [0.5, 0.6) is 0 Å². The van der Waals surface area contributed by atoms with E-state index in [9.17, 15) is 9.59 Å². The van der Waals surface area contributed by atoms with E-state index in [0.29, 0.717) is 18.9 Å². The molecule has 2 fully saturated rings. The fourth-order valence-corrected chi connectivity index (χ4v) is 2.55. The number of nitrogens with one attached hydrogen (secondary N) is 1. The zero-order chi connectivity index (χ0) is 14.5.